The van der Waals surface area contributed by atoms with E-state index in [0.717, 1.165) is 5.56 Å². The lowest BCUT2D eigenvalue weighted by Crippen LogP contribution is -2.43. The van der Waals surface area contributed by atoms with Crippen LogP contribution >= 0.6 is 11.8 Å². The van der Waals surface area contributed by atoms with Crippen LogP contribution < -0.4 is 10.2 Å². The molecule has 4 aromatic rings. The fourth-order valence-corrected chi connectivity index (χ4v) is 4.80. The second-order valence-electron chi connectivity index (χ2n) is 8.52. The van der Waals surface area contributed by atoms with Crippen LogP contribution in [-0.4, -0.2) is 34.3 Å². The lowest BCUT2D eigenvalue weighted by molar-refractivity contribution is -0.136. The van der Waals surface area contributed by atoms with E-state index in [1.54, 1.807) is 85.8 Å². The third kappa shape index (κ3) is 6.65. The molecule has 39 heavy (non-hydrogen) atoms. The van der Waals surface area contributed by atoms with E-state index in [9.17, 15) is 18.7 Å². The largest absolute Gasteiger partial charge is 0.496 e. The smallest absolute Gasteiger partial charge is 0.281 e. The zero-order valence-corrected chi connectivity index (χ0v) is 22.0. The molecular formula is C29H26F2N4O3S. The number of halogens is 2. The van der Waals surface area contributed by atoms with Gasteiger partial charge in [0.2, 0.25) is 0 Å². The van der Waals surface area contributed by atoms with Crippen LogP contribution in [0, 0.1) is 6.92 Å². The summed E-state index contributed by atoms with van der Waals surface area (Å²) in [4.78, 5) is 21.4. The summed E-state index contributed by atoms with van der Waals surface area (Å²) in [5.74, 6) is 0.227. The summed E-state index contributed by atoms with van der Waals surface area (Å²) in [7, 11) is 1.53. The number of nitrogens with zero attached hydrogens (tertiary/aromatic N) is 3. The third-order valence-electron chi connectivity index (χ3n) is 5.83. The molecule has 0 saturated heterocycles. The predicted molar refractivity (Wildman–Crippen MR) is 146 cm³/mol. The number of nitrogens with one attached hydrogen (secondary N) is 1. The number of hydrogen-bond acceptors (Lipinski definition) is 7. The second-order valence-corrected chi connectivity index (χ2v) is 9.46. The quantitative estimate of drug-likeness (QED) is 0.119. The van der Waals surface area contributed by atoms with Crippen molar-refractivity contribution in [3.05, 3.63) is 119 Å². The van der Waals surface area contributed by atoms with Crippen molar-refractivity contribution in [3.8, 4) is 5.75 Å². The SMILES string of the molecule is COc1ccc(C=NNC(=O)C(O)(c2ccccc2)c2ccccc2)cc1CSc1nc(C)cc(C(F)F)n1. The van der Waals surface area contributed by atoms with Gasteiger partial charge in [-0.05, 0) is 47.9 Å². The standard InChI is InChI=1S/C29H26F2N4O3S/c1-19-15-24(26(30)31)34-28(33-19)39-18-21-16-20(13-14-25(21)38-2)17-32-35-27(36)29(37,22-9-5-3-6-10-22)23-11-7-4-8-12-23/h3-17,26,37H,18H2,1-2H3,(H,35,36). The molecular weight excluding hydrogens is 522 g/mol. The van der Waals surface area contributed by atoms with E-state index in [0.29, 0.717) is 33.9 Å². The van der Waals surface area contributed by atoms with E-state index >= 15 is 0 Å². The molecule has 1 heterocycles. The number of aryl methyl sites for hydroxylation is 1. The number of hydrazone groups is 1. The molecule has 0 radical (unpaired) electrons. The van der Waals surface area contributed by atoms with Crippen LogP contribution in [0.1, 0.15) is 40.1 Å². The summed E-state index contributed by atoms with van der Waals surface area (Å²) in [6, 6.07) is 23.8. The topological polar surface area (TPSA) is 96.7 Å². The number of benzene rings is 3. The summed E-state index contributed by atoms with van der Waals surface area (Å²) in [5.41, 5.74) is 2.84. The first-order valence-electron chi connectivity index (χ1n) is 11.9. The van der Waals surface area contributed by atoms with E-state index in [1.807, 2.05) is 0 Å². The Morgan fingerprint density at radius 1 is 1.05 bits per heavy atom. The summed E-state index contributed by atoms with van der Waals surface area (Å²) >= 11 is 1.20. The van der Waals surface area contributed by atoms with Gasteiger partial charge < -0.3 is 9.84 Å². The normalized spacial score (nSPS) is 11.6. The van der Waals surface area contributed by atoms with Gasteiger partial charge in [-0.1, -0.05) is 72.4 Å². The molecule has 2 N–H and O–H groups in total. The number of carbonyl (C=O) groups excluding carboxylic acids is 1. The molecule has 0 aliphatic rings. The first-order valence-corrected chi connectivity index (χ1v) is 12.9. The second kappa shape index (κ2) is 12.6. The molecule has 0 aliphatic heterocycles. The number of thioether (sulfide) groups is 1. The van der Waals surface area contributed by atoms with E-state index in [-0.39, 0.29) is 10.9 Å². The number of aromatic nitrogens is 2. The maximum atomic E-state index is 13.2. The fraction of sp³-hybridized carbons (Fsp3) is 0.172. The maximum absolute atomic E-state index is 13.2. The fourth-order valence-electron chi connectivity index (χ4n) is 3.91. The molecule has 0 fully saturated rings. The van der Waals surface area contributed by atoms with E-state index in [1.165, 1.54) is 31.2 Å². The van der Waals surface area contributed by atoms with Gasteiger partial charge >= 0.3 is 0 Å². The number of methoxy groups -OCH3 is 1. The van der Waals surface area contributed by atoms with Crippen LogP contribution in [0.5, 0.6) is 5.75 Å². The van der Waals surface area contributed by atoms with Crippen molar-refractivity contribution in [2.24, 2.45) is 5.10 Å². The summed E-state index contributed by atoms with van der Waals surface area (Å²) in [6.07, 6.45) is -1.24. The lowest BCUT2D eigenvalue weighted by atomic mass is 9.85. The third-order valence-corrected chi connectivity index (χ3v) is 6.73. The highest BCUT2D eigenvalue weighted by molar-refractivity contribution is 7.98. The van der Waals surface area contributed by atoms with Crippen molar-refractivity contribution in [2.45, 2.75) is 29.9 Å². The van der Waals surface area contributed by atoms with Gasteiger partial charge in [0, 0.05) is 17.0 Å². The molecule has 0 saturated carbocycles. The zero-order chi connectivity index (χ0) is 27.8. The van der Waals surface area contributed by atoms with Gasteiger partial charge in [0.25, 0.3) is 12.3 Å². The number of rotatable bonds is 10. The van der Waals surface area contributed by atoms with Crippen LogP contribution in [0.25, 0.3) is 0 Å². The van der Waals surface area contributed by atoms with Gasteiger partial charge in [0.15, 0.2) is 10.8 Å². The molecule has 1 aromatic heterocycles. The lowest BCUT2D eigenvalue weighted by Gasteiger charge is -2.27. The summed E-state index contributed by atoms with van der Waals surface area (Å²) in [5, 5.41) is 15.8. The Morgan fingerprint density at radius 3 is 2.28 bits per heavy atom. The minimum atomic E-state index is -2.68. The Balaban J connectivity index is 1.52. The van der Waals surface area contributed by atoms with E-state index in [4.69, 9.17) is 4.74 Å². The average Bonchev–Trinajstić information content (AvgIpc) is 2.96. The van der Waals surface area contributed by atoms with Gasteiger partial charge in [-0.2, -0.15) is 5.10 Å². The van der Waals surface area contributed by atoms with Crippen LogP contribution in [0.4, 0.5) is 8.78 Å². The van der Waals surface area contributed by atoms with Gasteiger partial charge in [-0.25, -0.2) is 24.2 Å². The van der Waals surface area contributed by atoms with Gasteiger partial charge in [0.05, 0.1) is 13.3 Å². The molecule has 0 unspecified atom stereocenters. The number of amides is 1. The van der Waals surface area contributed by atoms with Crippen molar-refractivity contribution in [1.82, 2.24) is 15.4 Å². The minimum absolute atomic E-state index is 0.236. The van der Waals surface area contributed by atoms with Crippen molar-refractivity contribution in [2.75, 3.05) is 7.11 Å². The molecule has 10 heteroatoms. The molecule has 0 spiro atoms. The summed E-state index contributed by atoms with van der Waals surface area (Å²) in [6.45, 7) is 1.64. The van der Waals surface area contributed by atoms with Crippen molar-refractivity contribution in [3.63, 3.8) is 0 Å². The average molecular weight is 549 g/mol. The molecule has 1 amide bonds. The molecule has 0 bridgehead atoms. The van der Waals surface area contributed by atoms with Crippen LogP contribution in [0.3, 0.4) is 0 Å². The Bertz CT molecular complexity index is 1410. The molecule has 0 aliphatic carbocycles. The molecule has 4 rings (SSSR count). The molecule has 7 nitrogen and oxygen atoms in total. The van der Waals surface area contributed by atoms with Crippen molar-refractivity contribution in [1.29, 1.82) is 0 Å². The first-order chi connectivity index (χ1) is 18.8. The zero-order valence-electron chi connectivity index (χ0n) is 21.2. The van der Waals surface area contributed by atoms with Crippen molar-refractivity contribution >= 4 is 23.9 Å². The van der Waals surface area contributed by atoms with Gasteiger partial charge in [-0.3, -0.25) is 4.79 Å². The Kier molecular flexibility index (Phi) is 9.00. The number of ether oxygens (including phenoxy) is 1. The Hall–Kier alpha value is -4.15. The van der Waals surface area contributed by atoms with Crippen LogP contribution in [0.2, 0.25) is 0 Å². The first kappa shape index (κ1) is 27.9. The Morgan fingerprint density at radius 2 is 1.69 bits per heavy atom. The molecule has 200 valence electrons. The number of alkyl halides is 2. The maximum Gasteiger partial charge on any atom is 0.281 e. The Labute approximate surface area is 229 Å². The molecule has 3 aromatic carbocycles. The van der Waals surface area contributed by atoms with E-state index in [2.05, 4.69) is 20.5 Å². The van der Waals surface area contributed by atoms with Crippen LogP contribution in [-0.2, 0) is 16.1 Å². The highest BCUT2D eigenvalue weighted by atomic mass is 32.2. The predicted octanol–water partition coefficient (Wildman–Crippen LogP) is 5.41. The minimum Gasteiger partial charge on any atom is -0.496 e. The number of carbonyl (C=O) groups is 1. The molecule has 0 atom stereocenters. The van der Waals surface area contributed by atoms with Crippen molar-refractivity contribution < 1.29 is 23.4 Å². The van der Waals surface area contributed by atoms with E-state index < -0.39 is 17.9 Å². The number of hydrogen-bond donors (Lipinski definition) is 2. The van der Waals surface area contributed by atoms with Gasteiger partial charge in [0.1, 0.15) is 11.4 Å². The number of aliphatic hydroxyl groups is 1. The van der Waals surface area contributed by atoms with Crippen LogP contribution in [0.15, 0.2) is 95.2 Å². The summed E-state index contributed by atoms with van der Waals surface area (Å²) < 4.78 is 31.7. The highest BCUT2D eigenvalue weighted by Crippen LogP contribution is 2.30. The van der Waals surface area contributed by atoms with Gasteiger partial charge in [-0.15, -0.1) is 0 Å². The highest BCUT2D eigenvalue weighted by Gasteiger charge is 2.39. The monoisotopic (exact) mass is 548 g/mol.